The zero-order valence-corrected chi connectivity index (χ0v) is 26.2. The van der Waals surface area contributed by atoms with Crippen LogP contribution in [-0.4, -0.2) is 43.8 Å². The van der Waals surface area contributed by atoms with Gasteiger partial charge in [-0.1, -0.05) is 19.9 Å². The number of nitrogens with zero attached hydrogens (tertiary/aromatic N) is 1. The van der Waals surface area contributed by atoms with Crippen molar-refractivity contribution in [1.29, 1.82) is 0 Å². The van der Waals surface area contributed by atoms with Gasteiger partial charge in [-0.15, -0.1) is 0 Å². The lowest BCUT2D eigenvalue weighted by Crippen LogP contribution is -2.35. The number of cyclic esters (lactones) is 1. The Hall–Kier alpha value is -3.70. The zero-order chi connectivity index (χ0) is 33.7. The predicted octanol–water partition coefficient (Wildman–Crippen LogP) is 8.73. The summed E-state index contributed by atoms with van der Waals surface area (Å²) >= 11 is 0. The van der Waals surface area contributed by atoms with Crippen LogP contribution in [0.4, 0.5) is 31.1 Å². The summed E-state index contributed by atoms with van der Waals surface area (Å²) in [6, 6.07) is 5.76. The zero-order valence-electron chi connectivity index (χ0n) is 26.2. The van der Waals surface area contributed by atoms with Crippen molar-refractivity contribution in [2.45, 2.75) is 83.8 Å². The fourth-order valence-corrected chi connectivity index (χ4v) is 6.10. The van der Waals surface area contributed by atoms with E-state index in [1.807, 2.05) is 6.07 Å². The quantitative estimate of drug-likeness (QED) is 0.224. The van der Waals surface area contributed by atoms with Crippen molar-refractivity contribution >= 4 is 17.6 Å². The number of carbonyl (C=O) groups is 2. The summed E-state index contributed by atoms with van der Waals surface area (Å²) in [5, 5.41) is 0. The minimum absolute atomic E-state index is 0.0358. The molecule has 2 aromatic carbocycles. The Balaban J connectivity index is 1.77. The summed E-state index contributed by atoms with van der Waals surface area (Å²) in [5.41, 5.74) is -1.35. The maximum absolute atomic E-state index is 13.6. The normalized spacial score (nSPS) is 20.7. The summed E-state index contributed by atoms with van der Waals surface area (Å²) in [7, 11) is 2.83. The van der Waals surface area contributed by atoms with Crippen LogP contribution in [-0.2, 0) is 32.0 Å². The molecule has 246 valence electrons. The number of esters is 1. The number of allylic oxidation sites excluding steroid dienone is 1. The SMILES string of the molecule is COC(=O)C(C)(C)c1ccc(OC)c(C2=C(CN3C(=O)OC(c4cc(C(F)(F)F)cc(C(F)(F)F)c4)C3C)CC(C)(C)CC2)c1. The van der Waals surface area contributed by atoms with Gasteiger partial charge in [0, 0.05) is 12.1 Å². The van der Waals surface area contributed by atoms with Crippen LogP contribution >= 0.6 is 0 Å². The van der Waals surface area contributed by atoms with Gasteiger partial charge in [-0.2, -0.15) is 26.3 Å². The first-order chi connectivity index (χ1) is 20.7. The molecule has 12 heteroatoms. The molecule has 2 unspecified atom stereocenters. The first-order valence-electron chi connectivity index (χ1n) is 14.4. The maximum atomic E-state index is 13.6. The van der Waals surface area contributed by atoms with Crippen molar-refractivity contribution < 1.29 is 50.1 Å². The highest BCUT2D eigenvalue weighted by Gasteiger charge is 2.44. The van der Waals surface area contributed by atoms with Crippen molar-refractivity contribution in [3.05, 3.63) is 69.8 Å². The second-order valence-corrected chi connectivity index (χ2v) is 13.0. The van der Waals surface area contributed by atoms with E-state index in [0.29, 0.717) is 36.3 Å². The predicted molar refractivity (Wildman–Crippen MR) is 154 cm³/mol. The van der Waals surface area contributed by atoms with Crippen LogP contribution in [0, 0.1) is 5.41 Å². The molecule has 0 bridgehead atoms. The summed E-state index contributed by atoms with van der Waals surface area (Å²) in [4.78, 5) is 27.1. The number of rotatable bonds is 7. The topological polar surface area (TPSA) is 65.1 Å². The van der Waals surface area contributed by atoms with Crippen LogP contribution in [0.3, 0.4) is 0 Å². The number of hydrogen-bond acceptors (Lipinski definition) is 5. The van der Waals surface area contributed by atoms with Crippen molar-refractivity contribution in [3.63, 3.8) is 0 Å². The molecule has 1 aliphatic heterocycles. The highest BCUT2D eigenvalue weighted by atomic mass is 19.4. The van der Waals surface area contributed by atoms with Gasteiger partial charge in [0.1, 0.15) is 11.9 Å². The Kier molecular flexibility index (Phi) is 9.04. The molecular formula is C33H37F6NO5. The van der Waals surface area contributed by atoms with Crippen molar-refractivity contribution in [2.75, 3.05) is 20.8 Å². The molecule has 6 nitrogen and oxygen atoms in total. The van der Waals surface area contributed by atoms with Gasteiger partial charge in [0.05, 0.1) is 36.8 Å². The number of carbonyl (C=O) groups excluding carboxylic acids is 2. The van der Waals surface area contributed by atoms with E-state index in [1.165, 1.54) is 26.0 Å². The summed E-state index contributed by atoms with van der Waals surface area (Å²) in [5.74, 6) is 0.116. The van der Waals surface area contributed by atoms with Gasteiger partial charge < -0.3 is 14.2 Å². The molecule has 0 spiro atoms. The van der Waals surface area contributed by atoms with Crippen molar-refractivity contribution in [2.24, 2.45) is 5.41 Å². The lowest BCUT2D eigenvalue weighted by Gasteiger charge is -2.36. The Morgan fingerprint density at radius 1 is 0.978 bits per heavy atom. The third-order valence-corrected chi connectivity index (χ3v) is 8.80. The molecule has 0 N–H and O–H groups in total. The molecule has 0 radical (unpaired) electrons. The number of ether oxygens (including phenoxy) is 3. The van der Waals surface area contributed by atoms with Crippen LogP contribution in [0.1, 0.15) is 87.8 Å². The van der Waals surface area contributed by atoms with E-state index in [1.54, 1.807) is 26.0 Å². The van der Waals surface area contributed by atoms with Crippen LogP contribution in [0.2, 0.25) is 0 Å². The third-order valence-electron chi connectivity index (χ3n) is 8.80. The fourth-order valence-electron chi connectivity index (χ4n) is 6.10. The summed E-state index contributed by atoms with van der Waals surface area (Å²) in [6.07, 6.45) is -10.3. The van der Waals surface area contributed by atoms with Crippen LogP contribution in [0.5, 0.6) is 5.75 Å². The largest absolute Gasteiger partial charge is 0.496 e. The number of alkyl halides is 6. The fraction of sp³-hybridized carbons (Fsp3) is 0.515. The van der Waals surface area contributed by atoms with Gasteiger partial charge in [-0.05, 0) is 98.1 Å². The molecule has 2 aromatic rings. The minimum Gasteiger partial charge on any atom is -0.496 e. The van der Waals surface area contributed by atoms with Gasteiger partial charge in [0.25, 0.3) is 0 Å². The number of methoxy groups -OCH3 is 2. The summed E-state index contributed by atoms with van der Waals surface area (Å²) in [6.45, 7) is 9.21. The molecule has 1 amide bonds. The Morgan fingerprint density at radius 2 is 1.58 bits per heavy atom. The number of benzene rings is 2. The van der Waals surface area contributed by atoms with Gasteiger partial charge in [-0.25, -0.2) is 4.79 Å². The van der Waals surface area contributed by atoms with Crippen LogP contribution in [0.15, 0.2) is 42.0 Å². The van der Waals surface area contributed by atoms with Crippen molar-refractivity contribution in [1.82, 2.24) is 4.90 Å². The monoisotopic (exact) mass is 641 g/mol. The first kappa shape index (κ1) is 34.2. The van der Waals surface area contributed by atoms with E-state index >= 15 is 0 Å². The minimum atomic E-state index is -5.04. The molecule has 4 rings (SSSR count). The smallest absolute Gasteiger partial charge is 0.416 e. The van der Waals surface area contributed by atoms with Gasteiger partial charge in [0.2, 0.25) is 0 Å². The molecule has 0 saturated carbocycles. The molecule has 1 fully saturated rings. The third kappa shape index (κ3) is 6.94. The molecule has 45 heavy (non-hydrogen) atoms. The molecule has 2 aliphatic rings. The highest BCUT2D eigenvalue weighted by molar-refractivity contribution is 5.84. The highest BCUT2D eigenvalue weighted by Crippen LogP contribution is 2.47. The average molecular weight is 642 g/mol. The molecule has 0 aromatic heterocycles. The molecule has 1 aliphatic carbocycles. The van der Waals surface area contributed by atoms with Crippen LogP contribution in [0.25, 0.3) is 5.57 Å². The van der Waals surface area contributed by atoms with E-state index in [2.05, 4.69) is 13.8 Å². The van der Waals surface area contributed by atoms with Crippen LogP contribution < -0.4 is 4.74 Å². The van der Waals surface area contributed by atoms with E-state index in [4.69, 9.17) is 14.2 Å². The maximum Gasteiger partial charge on any atom is 0.416 e. The Labute approximate surface area is 258 Å². The lowest BCUT2D eigenvalue weighted by molar-refractivity contribution is -0.146. The standard InChI is InChI=1S/C33H37F6NO5/c1-18-27(19-12-22(32(34,35)36)14-23(13-19)33(37,38)39)45-29(42)40(18)17-20-16-30(2,3)11-10-24(20)25-15-21(8-9-26(25)43-6)31(4,5)28(41)44-7/h8-9,12-15,18,27H,10-11,16-17H2,1-7H3. The number of hydrogen-bond donors (Lipinski definition) is 0. The molecule has 1 heterocycles. The Bertz CT molecular complexity index is 1480. The van der Waals surface area contributed by atoms with Gasteiger partial charge >= 0.3 is 24.4 Å². The van der Waals surface area contributed by atoms with E-state index in [-0.39, 0.29) is 18.0 Å². The van der Waals surface area contributed by atoms with Crippen molar-refractivity contribution in [3.8, 4) is 5.75 Å². The number of amides is 1. The first-order valence-corrected chi connectivity index (χ1v) is 14.4. The summed E-state index contributed by atoms with van der Waals surface area (Å²) < 4.78 is 97.5. The van der Waals surface area contributed by atoms with E-state index in [0.717, 1.165) is 23.1 Å². The van der Waals surface area contributed by atoms with Gasteiger partial charge in [0.15, 0.2) is 0 Å². The second-order valence-electron chi connectivity index (χ2n) is 13.0. The lowest BCUT2D eigenvalue weighted by atomic mass is 9.72. The van der Waals surface area contributed by atoms with E-state index < -0.39 is 58.7 Å². The van der Waals surface area contributed by atoms with Gasteiger partial charge in [-0.3, -0.25) is 9.69 Å². The molecule has 2 atom stereocenters. The van der Waals surface area contributed by atoms with E-state index in [9.17, 15) is 35.9 Å². The second kappa shape index (κ2) is 11.9. The number of halogens is 6. The Morgan fingerprint density at radius 3 is 2.11 bits per heavy atom. The molecule has 1 saturated heterocycles. The average Bonchev–Trinajstić information content (AvgIpc) is 3.23. The molecular weight excluding hydrogens is 604 g/mol.